The summed E-state index contributed by atoms with van der Waals surface area (Å²) in [5.41, 5.74) is 0. The number of thioether (sulfide) groups is 1. The zero-order chi connectivity index (χ0) is 11.8. The number of nitrogens with one attached hydrogen (secondary N) is 1. The van der Waals surface area contributed by atoms with Crippen LogP contribution in [0.4, 0.5) is 0 Å². The molecule has 92 valence electrons. The van der Waals surface area contributed by atoms with Crippen LogP contribution in [-0.4, -0.2) is 43.1 Å². The van der Waals surface area contributed by atoms with E-state index < -0.39 is 0 Å². The Morgan fingerprint density at radius 2 is 2.38 bits per heavy atom. The minimum absolute atomic E-state index is 0.639. The van der Waals surface area contributed by atoms with Crippen LogP contribution in [0.3, 0.4) is 0 Å². The predicted octanol–water partition coefficient (Wildman–Crippen LogP) is 2.05. The minimum atomic E-state index is 0.639. The summed E-state index contributed by atoms with van der Waals surface area (Å²) < 4.78 is 5.25. The van der Waals surface area contributed by atoms with Gasteiger partial charge in [0.05, 0.1) is 12.8 Å². The zero-order valence-electron chi connectivity index (χ0n) is 10.4. The normalized spacial score (nSPS) is 13.2. The molecule has 3 nitrogen and oxygen atoms in total. The lowest BCUT2D eigenvalue weighted by Gasteiger charge is -2.23. The summed E-state index contributed by atoms with van der Waals surface area (Å²) in [7, 11) is 2.18. The van der Waals surface area contributed by atoms with Crippen molar-refractivity contribution in [2.75, 3.05) is 32.1 Å². The van der Waals surface area contributed by atoms with E-state index in [0.717, 1.165) is 25.4 Å². The van der Waals surface area contributed by atoms with Crippen LogP contribution in [0.15, 0.2) is 22.8 Å². The van der Waals surface area contributed by atoms with Crippen LogP contribution in [-0.2, 0) is 6.54 Å². The number of furan rings is 1. The Kier molecular flexibility index (Phi) is 6.61. The zero-order valence-corrected chi connectivity index (χ0v) is 11.2. The van der Waals surface area contributed by atoms with Gasteiger partial charge < -0.3 is 14.6 Å². The van der Waals surface area contributed by atoms with Crippen molar-refractivity contribution in [1.29, 1.82) is 0 Å². The molecule has 1 heterocycles. The fourth-order valence-corrected chi connectivity index (χ4v) is 2.21. The molecule has 0 fully saturated rings. The summed E-state index contributed by atoms with van der Waals surface area (Å²) in [6.07, 6.45) is 3.86. The van der Waals surface area contributed by atoms with Gasteiger partial charge in [-0.1, -0.05) is 0 Å². The Labute approximate surface area is 103 Å². The van der Waals surface area contributed by atoms with Gasteiger partial charge in [0.1, 0.15) is 5.76 Å². The molecule has 0 radical (unpaired) electrons. The number of rotatable bonds is 8. The molecule has 16 heavy (non-hydrogen) atoms. The molecule has 1 N–H and O–H groups in total. The molecule has 0 aliphatic rings. The second-order valence-electron chi connectivity index (χ2n) is 4.04. The van der Waals surface area contributed by atoms with Crippen molar-refractivity contribution in [2.45, 2.75) is 19.5 Å². The highest BCUT2D eigenvalue weighted by atomic mass is 32.2. The summed E-state index contributed by atoms with van der Waals surface area (Å²) in [5.74, 6) is 2.19. The van der Waals surface area contributed by atoms with Gasteiger partial charge in [0.2, 0.25) is 0 Å². The van der Waals surface area contributed by atoms with E-state index in [2.05, 4.69) is 30.4 Å². The quantitative estimate of drug-likeness (QED) is 0.706. The Balaban J connectivity index is 2.06. The van der Waals surface area contributed by atoms with Gasteiger partial charge in [-0.05, 0) is 32.4 Å². The van der Waals surface area contributed by atoms with E-state index in [4.69, 9.17) is 4.42 Å². The fraction of sp³-hybridized carbons (Fsp3) is 0.667. The van der Waals surface area contributed by atoms with Gasteiger partial charge in [0, 0.05) is 24.9 Å². The van der Waals surface area contributed by atoms with Gasteiger partial charge in [0.15, 0.2) is 0 Å². The van der Waals surface area contributed by atoms with E-state index in [9.17, 15) is 0 Å². The Bertz CT molecular complexity index is 264. The first-order valence-corrected chi connectivity index (χ1v) is 7.05. The highest BCUT2D eigenvalue weighted by Crippen LogP contribution is 2.03. The lowest BCUT2D eigenvalue weighted by atomic mass is 10.3. The maximum atomic E-state index is 5.25. The second-order valence-corrected chi connectivity index (χ2v) is 4.95. The molecule has 0 amide bonds. The van der Waals surface area contributed by atoms with Gasteiger partial charge in [0.25, 0.3) is 0 Å². The Hall–Kier alpha value is -0.450. The third kappa shape index (κ3) is 5.05. The first-order chi connectivity index (χ1) is 7.74. The maximum absolute atomic E-state index is 5.25. The van der Waals surface area contributed by atoms with Gasteiger partial charge in [-0.15, -0.1) is 0 Å². The molecule has 0 bridgehead atoms. The second kappa shape index (κ2) is 7.76. The van der Waals surface area contributed by atoms with E-state index >= 15 is 0 Å². The van der Waals surface area contributed by atoms with Crippen molar-refractivity contribution in [3.05, 3.63) is 24.2 Å². The smallest absolute Gasteiger partial charge is 0.117 e. The van der Waals surface area contributed by atoms with E-state index in [0.29, 0.717) is 6.04 Å². The molecule has 0 aliphatic carbocycles. The molecule has 0 saturated carbocycles. The van der Waals surface area contributed by atoms with Crippen molar-refractivity contribution in [3.63, 3.8) is 0 Å². The van der Waals surface area contributed by atoms with Crippen LogP contribution in [0.1, 0.15) is 12.7 Å². The third-order valence-electron chi connectivity index (χ3n) is 2.68. The van der Waals surface area contributed by atoms with Crippen molar-refractivity contribution in [2.24, 2.45) is 0 Å². The molecule has 0 aromatic carbocycles. The average Bonchev–Trinajstić information content (AvgIpc) is 2.77. The first-order valence-electron chi connectivity index (χ1n) is 5.66. The van der Waals surface area contributed by atoms with Crippen LogP contribution >= 0.6 is 11.8 Å². The lowest BCUT2D eigenvalue weighted by molar-refractivity contribution is 0.276. The highest BCUT2D eigenvalue weighted by molar-refractivity contribution is 7.98. The molecule has 0 aliphatic heterocycles. The van der Waals surface area contributed by atoms with Crippen LogP contribution in [0.25, 0.3) is 0 Å². The number of hydrogen-bond acceptors (Lipinski definition) is 4. The summed E-state index contributed by atoms with van der Waals surface area (Å²) in [6.45, 7) is 5.15. The predicted molar refractivity (Wildman–Crippen MR) is 70.9 cm³/mol. The van der Waals surface area contributed by atoms with Crippen molar-refractivity contribution >= 4 is 11.8 Å². The highest BCUT2D eigenvalue weighted by Gasteiger charge is 2.07. The molecule has 1 unspecified atom stereocenters. The molecule has 0 spiro atoms. The van der Waals surface area contributed by atoms with Gasteiger partial charge in [-0.3, -0.25) is 0 Å². The molecule has 4 heteroatoms. The first kappa shape index (κ1) is 13.6. The van der Waals surface area contributed by atoms with E-state index in [-0.39, 0.29) is 0 Å². The van der Waals surface area contributed by atoms with Crippen LogP contribution in [0.5, 0.6) is 0 Å². The minimum Gasteiger partial charge on any atom is -0.468 e. The molecule has 1 aromatic rings. The van der Waals surface area contributed by atoms with E-state index in [1.165, 1.54) is 5.75 Å². The summed E-state index contributed by atoms with van der Waals surface area (Å²) in [4.78, 5) is 2.38. The van der Waals surface area contributed by atoms with Crippen LogP contribution in [0, 0.1) is 0 Å². The molecular weight excluding hydrogens is 220 g/mol. The topological polar surface area (TPSA) is 28.4 Å². The van der Waals surface area contributed by atoms with Gasteiger partial charge >= 0.3 is 0 Å². The van der Waals surface area contributed by atoms with Crippen molar-refractivity contribution < 1.29 is 4.42 Å². The number of likely N-dealkylation sites (N-methyl/N-ethyl adjacent to an activating group) is 1. The molecular formula is C12H22N2OS. The van der Waals surface area contributed by atoms with Crippen LogP contribution < -0.4 is 5.32 Å². The standard InChI is InChI=1S/C12H22N2OS/c1-11(10-16-3)14(2)7-6-13-9-12-5-4-8-15-12/h4-5,8,11,13H,6-7,9-10H2,1-3H3. The van der Waals surface area contributed by atoms with Gasteiger partial charge in [-0.2, -0.15) is 11.8 Å². The lowest BCUT2D eigenvalue weighted by Crippen LogP contribution is -2.36. The van der Waals surface area contributed by atoms with Crippen molar-refractivity contribution in [1.82, 2.24) is 10.2 Å². The summed E-state index contributed by atoms with van der Waals surface area (Å²) in [5, 5.41) is 3.37. The summed E-state index contributed by atoms with van der Waals surface area (Å²) in [6, 6.07) is 4.55. The molecule has 1 rings (SSSR count). The molecule has 1 atom stereocenters. The third-order valence-corrected chi connectivity index (χ3v) is 3.50. The fourth-order valence-electron chi connectivity index (χ4n) is 1.47. The number of nitrogens with zero attached hydrogens (tertiary/aromatic N) is 1. The Morgan fingerprint density at radius 3 is 3.00 bits per heavy atom. The monoisotopic (exact) mass is 242 g/mol. The number of hydrogen-bond donors (Lipinski definition) is 1. The largest absolute Gasteiger partial charge is 0.468 e. The molecule has 1 aromatic heterocycles. The molecule has 0 saturated heterocycles. The summed E-state index contributed by atoms with van der Waals surface area (Å²) >= 11 is 1.90. The van der Waals surface area contributed by atoms with E-state index in [1.54, 1.807) is 6.26 Å². The maximum Gasteiger partial charge on any atom is 0.117 e. The van der Waals surface area contributed by atoms with Crippen molar-refractivity contribution in [3.8, 4) is 0 Å². The van der Waals surface area contributed by atoms with Gasteiger partial charge in [-0.25, -0.2) is 0 Å². The van der Waals surface area contributed by atoms with Crippen LogP contribution in [0.2, 0.25) is 0 Å². The average molecular weight is 242 g/mol. The SMILES string of the molecule is CSCC(C)N(C)CCNCc1ccco1. The van der Waals surface area contributed by atoms with E-state index in [1.807, 2.05) is 23.9 Å². The Morgan fingerprint density at radius 1 is 1.56 bits per heavy atom.